The van der Waals surface area contributed by atoms with Gasteiger partial charge in [0, 0.05) is 46.0 Å². The molecule has 17 heavy (non-hydrogen) atoms. The number of nitrogens with two attached hydrogens (primary N) is 1. The Morgan fingerprint density at radius 3 is 2.29 bits per heavy atom. The van der Waals surface area contributed by atoms with Crippen molar-refractivity contribution in [2.75, 3.05) is 46.6 Å². The van der Waals surface area contributed by atoms with Crippen molar-refractivity contribution in [2.24, 2.45) is 5.73 Å². The van der Waals surface area contributed by atoms with Gasteiger partial charge in [-0.05, 0) is 19.3 Å². The summed E-state index contributed by atoms with van der Waals surface area (Å²) in [5.74, 6) is 0. The van der Waals surface area contributed by atoms with E-state index in [0.717, 1.165) is 45.9 Å². The molecule has 0 radical (unpaired) electrons. The first-order valence-electron chi connectivity index (χ1n) is 6.80. The predicted molar refractivity (Wildman–Crippen MR) is 72.3 cm³/mol. The van der Waals surface area contributed by atoms with Gasteiger partial charge in [0.25, 0.3) is 0 Å². The Balaban J connectivity index is 3.69. The van der Waals surface area contributed by atoms with Crippen LogP contribution in [0.2, 0.25) is 0 Å². The molecule has 0 aliphatic rings. The molecule has 0 aromatic carbocycles. The molecular weight excluding hydrogens is 216 g/mol. The van der Waals surface area contributed by atoms with Crippen LogP contribution in [-0.4, -0.2) is 57.5 Å². The molecule has 0 amide bonds. The highest BCUT2D eigenvalue weighted by molar-refractivity contribution is 4.69. The SMILES string of the molecule is CCC(CC)N(CCN)CCOCCCOC. The Hall–Kier alpha value is -0.160. The second-order valence-electron chi connectivity index (χ2n) is 4.25. The number of ether oxygens (including phenoxy) is 2. The summed E-state index contributed by atoms with van der Waals surface area (Å²) in [7, 11) is 1.72. The molecule has 0 spiro atoms. The van der Waals surface area contributed by atoms with Crippen LogP contribution in [0.4, 0.5) is 0 Å². The first kappa shape index (κ1) is 16.8. The zero-order valence-electron chi connectivity index (χ0n) is 11.8. The molecule has 0 fully saturated rings. The van der Waals surface area contributed by atoms with E-state index in [1.807, 2.05) is 0 Å². The van der Waals surface area contributed by atoms with Crippen LogP contribution in [0.25, 0.3) is 0 Å². The fourth-order valence-corrected chi connectivity index (χ4v) is 2.04. The van der Waals surface area contributed by atoms with E-state index in [4.69, 9.17) is 15.2 Å². The van der Waals surface area contributed by atoms with Gasteiger partial charge in [0.1, 0.15) is 0 Å². The number of hydrogen-bond acceptors (Lipinski definition) is 4. The third-order valence-electron chi connectivity index (χ3n) is 3.04. The maximum atomic E-state index is 5.65. The highest BCUT2D eigenvalue weighted by Gasteiger charge is 2.13. The summed E-state index contributed by atoms with van der Waals surface area (Å²) in [5.41, 5.74) is 5.65. The van der Waals surface area contributed by atoms with E-state index < -0.39 is 0 Å². The summed E-state index contributed by atoms with van der Waals surface area (Å²) >= 11 is 0. The molecule has 0 unspecified atom stereocenters. The molecule has 0 aliphatic heterocycles. The van der Waals surface area contributed by atoms with Crippen molar-refractivity contribution >= 4 is 0 Å². The van der Waals surface area contributed by atoms with Crippen LogP contribution in [0.15, 0.2) is 0 Å². The Kier molecular flexibility index (Phi) is 12.2. The van der Waals surface area contributed by atoms with Crippen LogP contribution in [0.1, 0.15) is 33.1 Å². The lowest BCUT2D eigenvalue weighted by Crippen LogP contribution is -2.40. The van der Waals surface area contributed by atoms with Gasteiger partial charge in [-0.25, -0.2) is 0 Å². The fourth-order valence-electron chi connectivity index (χ4n) is 2.04. The maximum absolute atomic E-state index is 5.65. The van der Waals surface area contributed by atoms with Crippen LogP contribution in [0.5, 0.6) is 0 Å². The van der Waals surface area contributed by atoms with E-state index in [0.29, 0.717) is 6.04 Å². The lowest BCUT2D eigenvalue weighted by molar-refractivity contribution is 0.0714. The topological polar surface area (TPSA) is 47.7 Å². The molecule has 0 aliphatic carbocycles. The third kappa shape index (κ3) is 8.55. The van der Waals surface area contributed by atoms with Crippen molar-refractivity contribution in [3.8, 4) is 0 Å². The molecule has 0 aromatic rings. The zero-order chi connectivity index (χ0) is 12.9. The first-order chi connectivity index (χ1) is 8.29. The van der Waals surface area contributed by atoms with Gasteiger partial charge in [-0.2, -0.15) is 0 Å². The van der Waals surface area contributed by atoms with Crippen LogP contribution < -0.4 is 5.73 Å². The van der Waals surface area contributed by atoms with E-state index >= 15 is 0 Å². The molecule has 0 rings (SSSR count). The van der Waals surface area contributed by atoms with Crippen LogP contribution >= 0.6 is 0 Å². The molecule has 0 heterocycles. The van der Waals surface area contributed by atoms with Crippen molar-refractivity contribution < 1.29 is 9.47 Å². The molecule has 0 saturated carbocycles. The second-order valence-corrected chi connectivity index (χ2v) is 4.25. The van der Waals surface area contributed by atoms with Crippen LogP contribution in [0, 0.1) is 0 Å². The Morgan fingerprint density at radius 2 is 1.76 bits per heavy atom. The highest BCUT2D eigenvalue weighted by atomic mass is 16.5. The molecule has 4 nitrogen and oxygen atoms in total. The van der Waals surface area contributed by atoms with Gasteiger partial charge in [0.05, 0.1) is 6.61 Å². The average molecular weight is 246 g/mol. The van der Waals surface area contributed by atoms with Crippen LogP contribution in [-0.2, 0) is 9.47 Å². The predicted octanol–water partition coefficient (Wildman–Crippen LogP) is 1.49. The van der Waals surface area contributed by atoms with E-state index in [-0.39, 0.29) is 0 Å². The Labute approximate surface area is 106 Å². The number of rotatable bonds is 12. The second kappa shape index (κ2) is 12.3. The molecule has 104 valence electrons. The summed E-state index contributed by atoms with van der Waals surface area (Å²) in [6.07, 6.45) is 3.33. The molecular formula is C13H30N2O2. The summed E-state index contributed by atoms with van der Waals surface area (Å²) in [4.78, 5) is 2.44. The first-order valence-corrected chi connectivity index (χ1v) is 6.80. The molecule has 4 heteroatoms. The van der Waals surface area contributed by atoms with E-state index in [2.05, 4.69) is 18.7 Å². The Bertz CT molecular complexity index is 152. The molecule has 0 saturated heterocycles. The summed E-state index contributed by atoms with van der Waals surface area (Å²) in [6.45, 7) is 9.49. The van der Waals surface area contributed by atoms with E-state index in [9.17, 15) is 0 Å². The fraction of sp³-hybridized carbons (Fsp3) is 1.00. The Morgan fingerprint density at radius 1 is 1.06 bits per heavy atom. The smallest absolute Gasteiger partial charge is 0.0593 e. The lowest BCUT2D eigenvalue weighted by Gasteiger charge is -2.29. The van der Waals surface area contributed by atoms with Gasteiger partial charge in [-0.3, -0.25) is 4.90 Å². The van der Waals surface area contributed by atoms with E-state index in [1.165, 1.54) is 12.8 Å². The van der Waals surface area contributed by atoms with Gasteiger partial charge in [-0.1, -0.05) is 13.8 Å². The van der Waals surface area contributed by atoms with Crippen molar-refractivity contribution in [3.05, 3.63) is 0 Å². The van der Waals surface area contributed by atoms with Gasteiger partial charge >= 0.3 is 0 Å². The van der Waals surface area contributed by atoms with E-state index in [1.54, 1.807) is 7.11 Å². The quantitative estimate of drug-likeness (QED) is 0.530. The molecule has 0 aromatic heterocycles. The van der Waals surface area contributed by atoms with Crippen molar-refractivity contribution in [3.63, 3.8) is 0 Å². The largest absolute Gasteiger partial charge is 0.385 e. The summed E-state index contributed by atoms with van der Waals surface area (Å²) in [6, 6.07) is 0.640. The standard InChI is InChI=1S/C13H30N2O2/c1-4-13(5-2)15(8-7-14)9-12-17-11-6-10-16-3/h13H,4-12,14H2,1-3H3. The normalized spacial score (nSPS) is 11.6. The third-order valence-corrected chi connectivity index (χ3v) is 3.04. The minimum atomic E-state index is 0.640. The number of hydrogen-bond donors (Lipinski definition) is 1. The van der Waals surface area contributed by atoms with Gasteiger partial charge < -0.3 is 15.2 Å². The van der Waals surface area contributed by atoms with Crippen molar-refractivity contribution in [1.29, 1.82) is 0 Å². The summed E-state index contributed by atoms with van der Waals surface area (Å²) < 4.78 is 10.6. The van der Waals surface area contributed by atoms with Crippen molar-refractivity contribution in [2.45, 2.75) is 39.2 Å². The minimum Gasteiger partial charge on any atom is -0.385 e. The molecule has 2 N–H and O–H groups in total. The van der Waals surface area contributed by atoms with Crippen LogP contribution in [0.3, 0.4) is 0 Å². The van der Waals surface area contributed by atoms with Gasteiger partial charge in [0.15, 0.2) is 0 Å². The monoisotopic (exact) mass is 246 g/mol. The molecule has 0 atom stereocenters. The summed E-state index contributed by atoms with van der Waals surface area (Å²) in [5, 5.41) is 0. The molecule has 0 bridgehead atoms. The number of methoxy groups -OCH3 is 1. The number of nitrogens with zero attached hydrogens (tertiary/aromatic N) is 1. The zero-order valence-corrected chi connectivity index (χ0v) is 11.8. The highest BCUT2D eigenvalue weighted by Crippen LogP contribution is 2.07. The van der Waals surface area contributed by atoms with Crippen molar-refractivity contribution in [1.82, 2.24) is 4.90 Å². The maximum Gasteiger partial charge on any atom is 0.0593 e. The lowest BCUT2D eigenvalue weighted by atomic mass is 10.1. The van der Waals surface area contributed by atoms with Gasteiger partial charge in [0.2, 0.25) is 0 Å². The minimum absolute atomic E-state index is 0.640. The average Bonchev–Trinajstić information content (AvgIpc) is 2.35. The van der Waals surface area contributed by atoms with Gasteiger partial charge in [-0.15, -0.1) is 0 Å².